The van der Waals surface area contributed by atoms with Gasteiger partial charge in [-0.25, -0.2) is 4.79 Å². The Hall–Kier alpha value is -2.62. The summed E-state index contributed by atoms with van der Waals surface area (Å²) in [5, 5.41) is 0. The lowest BCUT2D eigenvalue weighted by atomic mass is 9.33. The monoisotopic (exact) mass is 811 g/mol. The molecule has 10 heteroatoms. The zero-order valence-electron chi connectivity index (χ0n) is 35.2. The molecule has 0 bridgehead atoms. The van der Waals surface area contributed by atoms with Crippen LogP contribution in [0.25, 0.3) is 6.08 Å². The fourth-order valence-corrected chi connectivity index (χ4v) is 12.9. The molecule has 6 rings (SSSR count). The first-order valence-electron chi connectivity index (χ1n) is 20.7. The predicted molar refractivity (Wildman–Crippen MR) is 225 cm³/mol. The summed E-state index contributed by atoms with van der Waals surface area (Å²) in [6.45, 7) is 18.1. The Bertz CT molecular complexity index is 1760. The Kier molecular flexibility index (Phi) is 12.9. The average molecular weight is 813 g/mol. The number of ketones is 1. The van der Waals surface area contributed by atoms with E-state index in [1.165, 1.54) is 11.6 Å². The standard InChI is InChI=1S/C46H65NO7S.ClH/c1-10-52-37(49)15-14-29-12-11-13-30(26-29)53-40(51)43(5)22-21-42(4)23-24-45(7)31(32(42)28-43)27-34(48)38-44(6)19-17-36(54-39(50)33(47)18-25-55-9)41(2,3)35(44)16-20-46(38,45)8;/h11-15,26-27,32-33,35-36,38H,10,16-25,28,47H2,1-9H3;1H/b15-14+;/t32-,33+,35+,36+,38-,42-,43+,44+,45-,46-;/m1./s1. The number of benzene rings is 1. The second kappa shape index (κ2) is 16.2. The van der Waals surface area contributed by atoms with Gasteiger partial charge in [0.05, 0.1) is 12.0 Å². The molecule has 4 fully saturated rings. The minimum atomic E-state index is -0.720. The molecule has 0 amide bonds. The van der Waals surface area contributed by atoms with E-state index >= 15 is 0 Å². The topological polar surface area (TPSA) is 122 Å². The number of carbonyl (C=O) groups is 4. The molecule has 0 radical (unpaired) electrons. The Morgan fingerprint density at radius 1 is 0.982 bits per heavy atom. The van der Waals surface area contributed by atoms with Crippen LogP contribution < -0.4 is 10.5 Å². The smallest absolute Gasteiger partial charge is 0.330 e. The zero-order valence-corrected chi connectivity index (χ0v) is 36.8. The fourth-order valence-electron chi connectivity index (χ4n) is 12.4. The van der Waals surface area contributed by atoms with Crippen molar-refractivity contribution >= 4 is 53.9 Å². The van der Waals surface area contributed by atoms with Crippen LogP contribution in [0.2, 0.25) is 0 Å². The zero-order chi connectivity index (χ0) is 40.2. The van der Waals surface area contributed by atoms with Crippen molar-refractivity contribution < 1.29 is 33.4 Å². The van der Waals surface area contributed by atoms with Crippen LogP contribution in [-0.4, -0.2) is 54.5 Å². The number of nitrogens with two attached hydrogens (primary N) is 1. The molecule has 0 unspecified atom stereocenters. The van der Waals surface area contributed by atoms with E-state index in [4.69, 9.17) is 19.9 Å². The van der Waals surface area contributed by atoms with Gasteiger partial charge in [-0.15, -0.1) is 12.4 Å². The number of fused-ring (bicyclic) bond motifs is 7. The first-order valence-corrected chi connectivity index (χ1v) is 22.1. The number of hydrogen-bond acceptors (Lipinski definition) is 9. The molecule has 56 heavy (non-hydrogen) atoms. The largest absolute Gasteiger partial charge is 0.463 e. The first-order chi connectivity index (χ1) is 25.8. The van der Waals surface area contributed by atoms with Gasteiger partial charge in [0.2, 0.25) is 0 Å². The number of esters is 3. The van der Waals surface area contributed by atoms with Crippen molar-refractivity contribution in [3.63, 3.8) is 0 Å². The van der Waals surface area contributed by atoms with Crippen molar-refractivity contribution in [1.82, 2.24) is 0 Å². The second-order valence-electron chi connectivity index (χ2n) is 19.5. The van der Waals surface area contributed by atoms with E-state index in [2.05, 4.69) is 41.5 Å². The maximum atomic E-state index is 14.9. The molecule has 5 aliphatic carbocycles. The Labute approximate surface area is 345 Å². The number of carbonyl (C=O) groups excluding carboxylic acids is 4. The molecule has 2 N–H and O–H groups in total. The lowest BCUT2D eigenvalue weighted by Gasteiger charge is -2.70. The second-order valence-corrected chi connectivity index (χ2v) is 20.5. The van der Waals surface area contributed by atoms with Crippen LogP contribution in [0.3, 0.4) is 0 Å². The molecule has 1 aromatic rings. The molecular weight excluding hydrogens is 746 g/mol. The van der Waals surface area contributed by atoms with E-state index in [0.29, 0.717) is 25.2 Å². The molecule has 0 heterocycles. The van der Waals surface area contributed by atoms with Crippen LogP contribution in [0.15, 0.2) is 42.0 Å². The summed E-state index contributed by atoms with van der Waals surface area (Å²) in [6, 6.07) is 6.59. The van der Waals surface area contributed by atoms with Crippen molar-refractivity contribution in [2.24, 2.45) is 56.0 Å². The quantitative estimate of drug-likeness (QED) is 0.140. The van der Waals surface area contributed by atoms with E-state index in [9.17, 15) is 19.2 Å². The van der Waals surface area contributed by atoms with Gasteiger partial charge in [0.15, 0.2) is 5.78 Å². The van der Waals surface area contributed by atoms with Gasteiger partial charge in [-0.2, -0.15) is 11.8 Å². The average Bonchev–Trinajstić information content (AvgIpc) is 3.12. The van der Waals surface area contributed by atoms with E-state index in [1.807, 2.05) is 31.4 Å². The molecule has 5 aliphatic rings. The third-order valence-corrected chi connectivity index (χ3v) is 16.6. The van der Waals surface area contributed by atoms with Crippen molar-refractivity contribution in [3.05, 3.63) is 47.6 Å². The molecule has 0 saturated heterocycles. The molecule has 310 valence electrons. The van der Waals surface area contributed by atoms with E-state index < -0.39 is 17.4 Å². The molecule has 0 aromatic heterocycles. The summed E-state index contributed by atoms with van der Waals surface area (Å²) >= 11 is 1.68. The van der Waals surface area contributed by atoms with E-state index in [-0.39, 0.29) is 81.1 Å². The molecule has 1 aromatic carbocycles. The number of rotatable bonds is 10. The van der Waals surface area contributed by atoms with Crippen LogP contribution in [0.1, 0.15) is 125 Å². The van der Waals surface area contributed by atoms with Crippen LogP contribution in [0, 0.1) is 50.2 Å². The van der Waals surface area contributed by atoms with E-state index in [1.54, 1.807) is 36.9 Å². The third kappa shape index (κ3) is 7.56. The summed E-state index contributed by atoms with van der Waals surface area (Å²) in [7, 11) is 0. The lowest BCUT2D eigenvalue weighted by molar-refractivity contribution is -0.211. The van der Waals surface area contributed by atoms with Gasteiger partial charge in [-0.1, -0.05) is 59.2 Å². The van der Waals surface area contributed by atoms with Crippen LogP contribution in [-0.2, 0) is 28.7 Å². The summed E-state index contributed by atoms with van der Waals surface area (Å²) < 4.78 is 17.3. The fraction of sp³-hybridized carbons (Fsp3) is 0.696. The Morgan fingerprint density at radius 2 is 1.70 bits per heavy atom. The van der Waals surface area contributed by atoms with Crippen LogP contribution in [0.4, 0.5) is 0 Å². The molecule has 0 aliphatic heterocycles. The number of thioether (sulfide) groups is 1. The number of hydrogen-bond donors (Lipinski definition) is 1. The molecule has 8 nitrogen and oxygen atoms in total. The minimum absolute atomic E-state index is 0. The minimum Gasteiger partial charge on any atom is -0.463 e. The van der Waals surface area contributed by atoms with Crippen LogP contribution in [0.5, 0.6) is 5.75 Å². The van der Waals surface area contributed by atoms with Gasteiger partial charge in [-0.3, -0.25) is 14.4 Å². The van der Waals surface area contributed by atoms with Crippen molar-refractivity contribution in [2.75, 3.05) is 18.6 Å². The Balaban J connectivity index is 0.00000600. The SMILES string of the molecule is CCOC(=O)/C=C/c1cccc(OC(=O)[C@@]2(C)CC[C@]3(C)CC[C@]4(C)C(=CC(=O)[C@@H]5[C@@]6(C)CC[C@H](OC(=O)[C@@H](N)CCSC)C(C)(C)[C@@H]6CC[C@]54C)[C@H]3C2)c1.Cl. The number of allylic oxidation sites excluding steroid dienone is 2. The first kappa shape index (κ1) is 44.5. The summed E-state index contributed by atoms with van der Waals surface area (Å²) in [6.07, 6.45) is 15.2. The Morgan fingerprint density at radius 3 is 2.39 bits per heavy atom. The highest BCUT2D eigenvalue weighted by atomic mass is 35.5. The molecular formula is C46H66ClNO7S. The van der Waals surface area contributed by atoms with Gasteiger partial charge in [0.25, 0.3) is 0 Å². The molecule has 10 atom stereocenters. The number of halogens is 1. The lowest BCUT2D eigenvalue weighted by Crippen LogP contribution is -2.67. The molecule has 0 spiro atoms. The third-order valence-electron chi connectivity index (χ3n) is 16.0. The molecule has 4 saturated carbocycles. The van der Waals surface area contributed by atoms with Gasteiger partial charge >= 0.3 is 17.9 Å². The maximum absolute atomic E-state index is 14.9. The normalized spacial score (nSPS) is 37.7. The highest BCUT2D eigenvalue weighted by molar-refractivity contribution is 7.98. The maximum Gasteiger partial charge on any atom is 0.330 e. The van der Waals surface area contributed by atoms with E-state index in [0.717, 1.165) is 62.7 Å². The summed E-state index contributed by atoms with van der Waals surface area (Å²) in [4.78, 5) is 54.0. The number of ether oxygens (including phenoxy) is 3. The van der Waals surface area contributed by atoms with Gasteiger partial charge in [0.1, 0.15) is 17.9 Å². The van der Waals surface area contributed by atoms with Gasteiger partial charge < -0.3 is 19.9 Å². The van der Waals surface area contributed by atoms with Gasteiger partial charge in [0, 0.05) is 17.4 Å². The predicted octanol–water partition coefficient (Wildman–Crippen LogP) is 9.56. The highest BCUT2D eigenvalue weighted by Crippen LogP contribution is 2.75. The van der Waals surface area contributed by atoms with Crippen molar-refractivity contribution in [3.8, 4) is 5.75 Å². The van der Waals surface area contributed by atoms with Crippen LogP contribution >= 0.6 is 24.2 Å². The summed E-state index contributed by atoms with van der Waals surface area (Å²) in [5.74, 6) is 0.683. The summed E-state index contributed by atoms with van der Waals surface area (Å²) in [5.41, 5.74) is 6.52. The highest BCUT2D eigenvalue weighted by Gasteiger charge is 2.70. The van der Waals surface area contributed by atoms with Gasteiger partial charge in [-0.05, 0) is 153 Å². The van der Waals surface area contributed by atoms with Crippen molar-refractivity contribution in [2.45, 2.75) is 132 Å². The van der Waals surface area contributed by atoms with Crippen molar-refractivity contribution in [1.29, 1.82) is 0 Å².